The van der Waals surface area contributed by atoms with Crippen molar-refractivity contribution in [2.75, 3.05) is 0 Å². The molecule has 0 aliphatic heterocycles. The third-order valence-corrected chi connectivity index (χ3v) is 5.04. The highest BCUT2D eigenvalue weighted by atomic mass is 79.9. The van der Waals surface area contributed by atoms with Crippen LogP contribution >= 0.6 is 50.2 Å². The summed E-state index contributed by atoms with van der Waals surface area (Å²) in [5, 5.41) is 3.09. The van der Waals surface area contributed by atoms with Gasteiger partial charge in [-0.05, 0) is 24.3 Å². The summed E-state index contributed by atoms with van der Waals surface area (Å²) in [7, 11) is 0. The maximum absolute atomic E-state index is 5.94. The lowest BCUT2D eigenvalue weighted by molar-refractivity contribution is 1.42. The second-order valence-electron chi connectivity index (χ2n) is 3.65. The minimum Gasteiger partial charge on any atom is -0.235 e. The normalized spacial score (nSPS) is 10.8. The number of hydrogen-bond acceptors (Lipinski definition) is 3. The zero-order valence-electron chi connectivity index (χ0n) is 9.06. The van der Waals surface area contributed by atoms with Crippen LogP contribution in [0.15, 0.2) is 46.3 Å². The van der Waals surface area contributed by atoms with E-state index in [1.807, 2.05) is 24.3 Å². The van der Waals surface area contributed by atoms with Crippen molar-refractivity contribution in [1.29, 1.82) is 0 Å². The predicted molar refractivity (Wildman–Crippen MR) is 83.6 cm³/mol. The number of hydrogen-bond donors (Lipinski definition) is 0. The van der Waals surface area contributed by atoms with Gasteiger partial charge >= 0.3 is 0 Å². The lowest BCUT2D eigenvalue weighted by atomic mass is 10.2. The highest BCUT2D eigenvalue weighted by molar-refractivity contribution is 9.10. The lowest BCUT2D eigenvalue weighted by Crippen LogP contribution is -1.77. The average Bonchev–Trinajstić information content (AvgIpc) is 2.97. The molecule has 3 aromatic rings. The van der Waals surface area contributed by atoms with E-state index in [1.165, 1.54) is 0 Å². The van der Waals surface area contributed by atoms with E-state index in [1.54, 1.807) is 22.7 Å². The van der Waals surface area contributed by atoms with Crippen molar-refractivity contribution >= 4 is 50.2 Å². The van der Waals surface area contributed by atoms with Crippen LogP contribution in [-0.2, 0) is 0 Å². The Morgan fingerprint density at radius 3 is 2.78 bits per heavy atom. The molecule has 0 fully saturated rings. The van der Waals surface area contributed by atoms with Gasteiger partial charge in [0, 0.05) is 15.4 Å². The van der Waals surface area contributed by atoms with Crippen LogP contribution in [0.5, 0.6) is 0 Å². The molecule has 0 amide bonds. The SMILES string of the molecule is Clc1ccc(-c2csc(-c3cccc(Br)c3)n2)s1. The first-order chi connectivity index (χ1) is 8.72. The van der Waals surface area contributed by atoms with Crippen LogP contribution in [0.3, 0.4) is 0 Å². The van der Waals surface area contributed by atoms with Gasteiger partial charge in [-0.25, -0.2) is 4.98 Å². The molecule has 0 N–H and O–H groups in total. The molecule has 1 nitrogen and oxygen atoms in total. The van der Waals surface area contributed by atoms with Gasteiger partial charge in [-0.3, -0.25) is 0 Å². The highest BCUT2D eigenvalue weighted by Gasteiger charge is 2.08. The molecule has 0 aliphatic rings. The van der Waals surface area contributed by atoms with Crippen LogP contribution in [0.25, 0.3) is 21.1 Å². The van der Waals surface area contributed by atoms with Crippen LogP contribution in [0, 0.1) is 0 Å². The Balaban J connectivity index is 1.99. The van der Waals surface area contributed by atoms with Gasteiger partial charge in [-0.2, -0.15) is 0 Å². The largest absolute Gasteiger partial charge is 0.235 e. The van der Waals surface area contributed by atoms with Gasteiger partial charge in [0.15, 0.2) is 0 Å². The molecule has 0 unspecified atom stereocenters. The van der Waals surface area contributed by atoms with Crippen molar-refractivity contribution in [2.24, 2.45) is 0 Å². The Labute approximate surface area is 126 Å². The van der Waals surface area contributed by atoms with E-state index in [4.69, 9.17) is 11.6 Å². The van der Waals surface area contributed by atoms with Crippen LogP contribution in [0.1, 0.15) is 0 Å². The van der Waals surface area contributed by atoms with Crippen LogP contribution in [0.4, 0.5) is 0 Å². The van der Waals surface area contributed by atoms with E-state index in [0.717, 1.165) is 30.0 Å². The van der Waals surface area contributed by atoms with Crippen molar-refractivity contribution < 1.29 is 0 Å². The van der Waals surface area contributed by atoms with Gasteiger partial charge in [0.25, 0.3) is 0 Å². The van der Waals surface area contributed by atoms with Crippen molar-refractivity contribution in [1.82, 2.24) is 4.98 Å². The molecule has 5 heteroatoms. The Morgan fingerprint density at radius 1 is 1.17 bits per heavy atom. The molecule has 0 spiro atoms. The van der Waals surface area contributed by atoms with E-state index in [-0.39, 0.29) is 0 Å². The summed E-state index contributed by atoms with van der Waals surface area (Å²) < 4.78 is 1.86. The molecule has 2 heterocycles. The number of benzene rings is 1. The van der Waals surface area contributed by atoms with Gasteiger partial charge in [0.1, 0.15) is 5.01 Å². The number of thiazole rings is 1. The van der Waals surface area contributed by atoms with Gasteiger partial charge < -0.3 is 0 Å². The summed E-state index contributed by atoms with van der Waals surface area (Å²) in [4.78, 5) is 5.76. The number of nitrogens with zero attached hydrogens (tertiary/aromatic N) is 1. The summed E-state index contributed by atoms with van der Waals surface area (Å²) in [6.07, 6.45) is 0. The monoisotopic (exact) mass is 355 g/mol. The van der Waals surface area contributed by atoms with Gasteiger partial charge in [-0.15, -0.1) is 22.7 Å². The summed E-state index contributed by atoms with van der Waals surface area (Å²) >= 11 is 12.6. The Bertz CT molecular complexity index is 690. The zero-order valence-corrected chi connectivity index (χ0v) is 13.0. The molecule has 0 bridgehead atoms. The summed E-state index contributed by atoms with van der Waals surface area (Å²) in [5.41, 5.74) is 2.12. The molecular weight excluding hydrogens is 350 g/mol. The van der Waals surface area contributed by atoms with Crippen molar-refractivity contribution in [2.45, 2.75) is 0 Å². The molecule has 90 valence electrons. The van der Waals surface area contributed by atoms with Crippen molar-refractivity contribution in [3.8, 4) is 21.1 Å². The minimum atomic E-state index is 0.794. The fourth-order valence-corrected chi connectivity index (χ4v) is 3.89. The quantitative estimate of drug-likeness (QED) is 0.552. The first-order valence-electron chi connectivity index (χ1n) is 5.19. The van der Waals surface area contributed by atoms with Gasteiger partial charge in [-0.1, -0.05) is 39.7 Å². The second kappa shape index (κ2) is 5.13. The topological polar surface area (TPSA) is 12.9 Å². The fraction of sp³-hybridized carbons (Fsp3) is 0. The Kier molecular flexibility index (Phi) is 3.52. The van der Waals surface area contributed by atoms with Crippen LogP contribution in [-0.4, -0.2) is 4.98 Å². The third kappa shape index (κ3) is 2.52. The molecule has 0 saturated carbocycles. The number of aromatic nitrogens is 1. The van der Waals surface area contributed by atoms with E-state index >= 15 is 0 Å². The molecule has 0 atom stereocenters. The van der Waals surface area contributed by atoms with E-state index in [2.05, 4.69) is 38.4 Å². The maximum Gasteiger partial charge on any atom is 0.124 e. The zero-order chi connectivity index (χ0) is 12.5. The molecule has 2 aromatic heterocycles. The van der Waals surface area contributed by atoms with Crippen molar-refractivity contribution in [3.63, 3.8) is 0 Å². The molecular formula is C13H7BrClNS2. The smallest absolute Gasteiger partial charge is 0.124 e. The molecule has 0 saturated heterocycles. The average molecular weight is 357 g/mol. The van der Waals surface area contributed by atoms with Crippen LogP contribution < -0.4 is 0 Å². The molecule has 18 heavy (non-hydrogen) atoms. The van der Waals surface area contributed by atoms with E-state index < -0.39 is 0 Å². The van der Waals surface area contributed by atoms with Crippen molar-refractivity contribution in [3.05, 3.63) is 50.6 Å². The molecule has 1 aromatic carbocycles. The van der Waals surface area contributed by atoms with E-state index in [0.29, 0.717) is 0 Å². The first kappa shape index (κ1) is 12.4. The molecule has 0 radical (unpaired) electrons. The summed E-state index contributed by atoms with van der Waals surface area (Å²) in [5.74, 6) is 0. The molecule has 0 aliphatic carbocycles. The lowest BCUT2D eigenvalue weighted by Gasteiger charge is -1.96. The standard InChI is InChI=1S/C13H7BrClNS2/c14-9-3-1-2-8(6-9)13-16-10(7-17-13)11-4-5-12(15)18-11/h1-7H. The number of halogens is 2. The third-order valence-electron chi connectivity index (χ3n) is 2.40. The fourth-order valence-electron chi connectivity index (χ4n) is 1.59. The minimum absolute atomic E-state index is 0.794. The summed E-state index contributed by atoms with van der Waals surface area (Å²) in [6.45, 7) is 0. The Morgan fingerprint density at radius 2 is 2.06 bits per heavy atom. The first-order valence-corrected chi connectivity index (χ1v) is 8.06. The molecule has 3 rings (SSSR count). The highest BCUT2D eigenvalue weighted by Crippen LogP contribution is 2.34. The number of thiophene rings is 1. The Hall–Kier alpha value is -0.680. The van der Waals surface area contributed by atoms with Gasteiger partial charge in [0.05, 0.1) is 14.9 Å². The predicted octanol–water partition coefficient (Wildman–Crippen LogP) is 5.95. The second-order valence-corrected chi connectivity index (χ2v) is 7.14. The summed E-state index contributed by atoms with van der Waals surface area (Å²) in [6, 6.07) is 12.1. The number of rotatable bonds is 2. The maximum atomic E-state index is 5.94. The van der Waals surface area contributed by atoms with Gasteiger partial charge in [0.2, 0.25) is 0 Å². The van der Waals surface area contributed by atoms with Crippen LogP contribution in [0.2, 0.25) is 4.34 Å². The van der Waals surface area contributed by atoms with E-state index in [9.17, 15) is 0 Å².